The van der Waals surface area contributed by atoms with E-state index in [1.165, 1.54) is 30.3 Å². The number of nitriles is 1. The molecule has 1 aromatic heterocycles. The normalized spacial score (nSPS) is 12.5. The van der Waals surface area contributed by atoms with Crippen LogP contribution < -0.4 is 5.32 Å². The zero-order valence-corrected chi connectivity index (χ0v) is 18.6. The second-order valence-corrected chi connectivity index (χ2v) is 8.43. The Labute approximate surface area is 182 Å². The van der Waals surface area contributed by atoms with Crippen molar-refractivity contribution in [3.63, 3.8) is 0 Å². The molecule has 166 valence electrons. The van der Waals surface area contributed by atoms with Gasteiger partial charge in [-0.2, -0.15) is 5.26 Å². The van der Waals surface area contributed by atoms with Crippen LogP contribution in [-0.4, -0.2) is 30.8 Å². The molecule has 31 heavy (non-hydrogen) atoms. The summed E-state index contributed by atoms with van der Waals surface area (Å²) in [4.78, 5) is 12.3. The SMILES string of the molecule is COC(C)(C)CCOC(C)(C)Cc1ccc(/C=C(\C#N)C(=O)Nc2ccc(F)cc2)o1. The van der Waals surface area contributed by atoms with Gasteiger partial charge in [-0.25, -0.2) is 4.39 Å². The predicted octanol–water partition coefficient (Wildman–Crippen LogP) is 5.12. The summed E-state index contributed by atoms with van der Waals surface area (Å²) in [5, 5.41) is 11.9. The highest BCUT2D eigenvalue weighted by Crippen LogP contribution is 2.22. The van der Waals surface area contributed by atoms with Crippen molar-refractivity contribution < 1.29 is 23.1 Å². The van der Waals surface area contributed by atoms with E-state index < -0.39 is 17.3 Å². The first-order chi connectivity index (χ1) is 14.5. The van der Waals surface area contributed by atoms with Gasteiger partial charge < -0.3 is 19.2 Å². The van der Waals surface area contributed by atoms with E-state index >= 15 is 0 Å². The third kappa shape index (κ3) is 8.00. The molecule has 0 atom stereocenters. The average molecular weight is 429 g/mol. The summed E-state index contributed by atoms with van der Waals surface area (Å²) in [6.07, 6.45) is 2.66. The van der Waals surface area contributed by atoms with E-state index in [2.05, 4.69) is 5.32 Å². The molecule has 0 spiro atoms. The van der Waals surface area contributed by atoms with Crippen LogP contribution in [-0.2, 0) is 20.7 Å². The monoisotopic (exact) mass is 428 g/mol. The fourth-order valence-electron chi connectivity index (χ4n) is 2.74. The minimum atomic E-state index is -0.600. The quantitative estimate of drug-likeness (QED) is 0.420. The first kappa shape index (κ1) is 24.3. The van der Waals surface area contributed by atoms with Gasteiger partial charge in [0.1, 0.15) is 29.0 Å². The van der Waals surface area contributed by atoms with Gasteiger partial charge in [0.15, 0.2) is 0 Å². The van der Waals surface area contributed by atoms with E-state index in [1.54, 1.807) is 19.2 Å². The van der Waals surface area contributed by atoms with Gasteiger partial charge in [-0.15, -0.1) is 0 Å². The van der Waals surface area contributed by atoms with Gasteiger partial charge >= 0.3 is 0 Å². The number of nitrogens with one attached hydrogen (secondary N) is 1. The first-order valence-corrected chi connectivity index (χ1v) is 10.0. The van der Waals surface area contributed by atoms with Gasteiger partial charge in [-0.05, 0) is 70.5 Å². The van der Waals surface area contributed by atoms with E-state index in [9.17, 15) is 14.4 Å². The summed E-state index contributed by atoms with van der Waals surface area (Å²) in [5.41, 5.74) is -0.438. The fraction of sp³-hybridized carbons (Fsp3) is 0.417. The number of nitrogens with zero attached hydrogens (tertiary/aromatic N) is 1. The maximum atomic E-state index is 13.0. The number of furan rings is 1. The molecule has 0 bridgehead atoms. The minimum absolute atomic E-state index is 0.123. The van der Waals surface area contributed by atoms with Crippen LogP contribution in [0.5, 0.6) is 0 Å². The number of carbonyl (C=O) groups excluding carboxylic acids is 1. The molecule has 7 heteroatoms. The van der Waals surface area contributed by atoms with Gasteiger partial charge in [-0.1, -0.05) is 0 Å². The lowest BCUT2D eigenvalue weighted by Gasteiger charge is -2.28. The molecule has 1 amide bonds. The smallest absolute Gasteiger partial charge is 0.266 e. The molecule has 0 unspecified atom stereocenters. The van der Waals surface area contributed by atoms with Crippen LogP contribution in [0.3, 0.4) is 0 Å². The summed E-state index contributed by atoms with van der Waals surface area (Å²) in [6.45, 7) is 8.51. The van der Waals surface area contributed by atoms with Crippen LogP contribution in [0.15, 0.2) is 46.4 Å². The molecule has 0 aliphatic rings. The number of rotatable bonds is 10. The molecule has 1 aromatic carbocycles. The van der Waals surface area contributed by atoms with Gasteiger partial charge in [0.25, 0.3) is 5.91 Å². The Kier molecular flexibility index (Phi) is 8.14. The van der Waals surface area contributed by atoms with Crippen molar-refractivity contribution in [2.45, 2.75) is 51.7 Å². The number of methoxy groups -OCH3 is 1. The van der Waals surface area contributed by atoms with Crippen LogP contribution in [0.4, 0.5) is 10.1 Å². The fourth-order valence-corrected chi connectivity index (χ4v) is 2.74. The average Bonchev–Trinajstić information content (AvgIpc) is 3.13. The third-order valence-electron chi connectivity index (χ3n) is 4.79. The number of ether oxygens (including phenoxy) is 2. The number of halogens is 1. The van der Waals surface area contributed by atoms with E-state index in [1.807, 2.05) is 33.8 Å². The Morgan fingerprint density at radius 3 is 2.45 bits per heavy atom. The van der Waals surface area contributed by atoms with Gasteiger partial charge in [0.2, 0.25) is 0 Å². The van der Waals surface area contributed by atoms with Gasteiger partial charge in [0.05, 0.1) is 17.8 Å². The Morgan fingerprint density at radius 2 is 1.84 bits per heavy atom. The molecule has 0 aliphatic heterocycles. The van der Waals surface area contributed by atoms with Gasteiger partial charge in [-0.3, -0.25) is 4.79 Å². The van der Waals surface area contributed by atoms with Crippen molar-refractivity contribution in [2.75, 3.05) is 19.0 Å². The summed E-state index contributed by atoms with van der Waals surface area (Å²) >= 11 is 0. The summed E-state index contributed by atoms with van der Waals surface area (Å²) in [5.74, 6) is 0.0542. The molecular weight excluding hydrogens is 399 g/mol. The summed E-state index contributed by atoms with van der Waals surface area (Å²) in [7, 11) is 1.68. The van der Waals surface area contributed by atoms with Crippen molar-refractivity contribution in [2.24, 2.45) is 0 Å². The van der Waals surface area contributed by atoms with Crippen LogP contribution >= 0.6 is 0 Å². The van der Waals surface area contributed by atoms with Crippen LogP contribution in [0.1, 0.15) is 45.6 Å². The molecule has 6 nitrogen and oxygen atoms in total. The van der Waals surface area contributed by atoms with Crippen molar-refractivity contribution >= 4 is 17.7 Å². The van der Waals surface area contributed by atoms with Gasteiger partial charge in [0, 0.05) is 25.3 Å². The summed E-state index contributed by atoms with van der Waals surface area (Å²) < 4.78 is 30.2. The van der Waals surface area contributed by atoms with Crippen LogP contribution in [0.25, 0.3) is 6.08 Å². The molecule has 0 aliphatic carbocycles. The Bertz CT molecular complexity index is 953. The lowest BCUT2D eigenvalue weighted by atomic mass is 10.0. The van der Waals surface area contributed by atoms with E-state index in [4.69, 9.17) is 13.9 Å². The number of carbonyl (C=O) groups is 1. The number of anilines is 1. The number of hydrogen-bond donors (Lipinski definition) is 1. The zero-order chi connectivity index (χ0) is 23.1. The van der Waals surface area contributed by atoms with Crippen molar-refractivity contribution in [3.05, 3.63) is 59.3 Å². The molecule has 0 fully saturated rings. The molecule has 1 N–H and O–H groups in total. The highest BCUT2D eigenvalue weighted by molar-refractivity contribution is 6.09. The minimum Gasteiger partial charge on any atom is -0.462 e. The number of hydrogen-bond acceptors (Lipinski definition) is 5. The lowest BCUT2D eigenvalue weighted by molar-refractivity contribution is -0.112. The highest BCUT2D eigenvalue weighted by atomic mass is 19.1. The standard InChI is InChI=1S/C24H29FN2O4/c1-23(2,29-5)12-13-30-24(3,4)15-21-11-10-20(31-21)14-17(16-26)22(28)27-19-8-6-18(25)7-9-19/h6-11,14H,12-13,15H2,1-5H3,(H,27,28)/b17-14+. The van der Waals surface area contributed by atoms with E-state index in [0.29, 0.717) is 30.2 Å². The molecule has 0 saturated heterocycles. The Hall–Kier alpha value is -2.95. The molecule has 0 saturated carbocycles. The number of amides is 1. The third-order valence-corrected chi connectivity index (χ3v) is 4.79. The van der Waals surface area contributed by atoms with E-state index in [-0.39, 0.29) is 11.2 Å². The highest BCUT2D eigenvalue weighted by Gasteiger charge is 2.24. The molecule has 1 heterocycles. The van der Waals surface area contributed by atoms with Crippen LogP contribution in [0.2, 0.25) is 0 Å². The second-order valence-electron chi connectivity index (χ2n) is 8.43. The van der Waals surface area contributed by atoms with Crippen molar-refractivity contribution in [1.82, 2.24) is 0 Å². The topological polar surface area (TPSA) is 84.5 Å². The summed E-state index contributed by atoms with van der Waals surface area (Å²) in [6, 6.07) is 10.6. The number of benzene rings is 1. The maximum absolute atomic E-state index is 13.0. The van der Waals surface area contributed by atoms with Crippen LogP contribution in [0, 0.1) is 17.1 Å². The first-order valence-electron chi connectivity index (χ1n) is 10.0. The predicted molar refractivity (Wildman–Crippen MR) is 117 cm³/mol. The molecule has 2 aromatic rings. The molecule has 0 radical (unpaired) electrons. The molecule has 2 rings (SSSR count). The zero-order valence-electron chi connectivity index (χ0n) is 18.6. The Balaban J connectivity index is 1.99. The largest absolute Gasteiger partial charge is 0.462 e. The van der Waals surface area contributed by atoms with E-state index in [0.717, 1.165) is 6.42 Å². The second kappa shape index (κ2) is 10.4. The van der Waals surface area contributed by atoms with Crippen molar-refractivity contribution in [3.8, 4) is 6.07 Å². The van der Waals surface area contributed by atoms with Crippen molar-refractivity contribution in [1.29, 1.82) is 5.26 Å². The molecular formula is C24H29FN2O4. The lowest BCUT2D eigenvalue weighted by Crippen LogP contribution is -2.31. The Morgan fingerprint density at radius 1 is 1.16 bits per heavy atom. The maximum Gasteiger partial charge on any atom is 0.266 e.